The van der Waals surface area contributed by atoms with E-state index in [0.29, 0.717) is 6.07 Å². The standard InChI is InChI=1S/C13H8B4FN3O6/c14-10(25)8(23)20-9(24)11(26,13(10,17)27)21-7(22)4-1-3(18)2-5(19)6(4)12(21,15)16/h1-2,25-27H,19H2,(H,20,23,24)/t10?,11-,13?/m0/s1. The van der Waals surface area contributed by atoms with E-state index in [0.717, 1.165) is 6.07 Å². The quantitative estimate of drug-likeness (QED) is 0.191. The Morgan fingerprint density at radius 1 is 1.04 bits per heavy atom. The van der Waals surface area contributed by atoms with Gasteiger partial charge in [0, 0.05) is 11.3 Å². The summed E-state index contributed by atoms with van der Waals surface area (Å²) in [5.41, 5.74) is -6.53. The first-order valence-corrected chi connectivity index (χ1v) is 7.24. The van der Waals surface area contributed by atoms with Crippen molar-refractivity contribution >= 4 is 54.8 Å². The molecule has 27 heavy (non-hydrogen) atoms. The first kappa shape index (κ1) is 19.5. The topological polar surface area (TPSA) is 153 Å². The molecule has 1 aromatic carbocycles. The van der Waals surface area contributed by atoms with E-state index in [1.807, 2.05) is 0 Å². The SMILES string of the molecule is [B]C1([B])c2c(N)cc(F)cc2C(=O)N1[C@]1(O)C(=O)NC(=O)C([B])(O)C1([B])O. The van der Waals surface area contributed by atoms with Crippen LogP contribution in [0.3, 0.4) is 0 Å². The number of benzene rings is 1. The summed E-state index contributed by atoms with van der Waals surface area (Å²) in [6.45, 7) is 0. The summed E-state index contributed by atoms with van der Waals surface area (Å²) in [5.74, 6) is -5.79. The van der Waals surface area contributed by atoms with Crippen LogP contribution in [-0.4, -0.2) is 86.1 Å². The number of fused-ring (bicyclic) bond motifs is 1. The normalized spacial score (nSPS) is 35.1. The number of imide groups is 1. The molecule has 3 rings (SSSR count). The summed E-state index contributed by atoms with van der Waals surface area (Å²) < 4.78 is 13.7. The lowest BCUT2D eigenvalue weighted by atomic mass is 9.49. The van der Waals surface area contributed by atoms with Crippen molar-refractivity contribution in [2.24, 2.45) is 0 Å². The van der Waals surface area contributed by atoms with Gasteiger partial charge in [-0.15, -0.1) is 0 Å². The molecule has 6 N–H and O–H groups in total. The van der Waals surface area contributed by atoms with Crippen molar-refractivity contribution in [3.63, 3.8) is 0 Å². The van der Waals surface area contributed by atoms with Gasteiger partial charge < -0.3 is 26.0 Å². The number of aliphatic hydroxyl groups is 3. The summed E-state index contributed by atoms with van der Waals surface area (Å²) in [5, 5.41) is 30.2. The number of piperidine rings is 1. The second kappa shape index (κ2) is 5.15. The smallest absolute Gasteiger partial charge is 0.282 e. The maximum Gasteiger partial charge on any atom is 0.282 e. The fourth-order valence-electron chi connectivity index (χ4n) is 3.23. The van der Waals surface area contributed by atoms with Gasteiger partial charge in [0.25, 0.3) is 17.7 Å². The van der Waals surface area contributed by atoms with Gasteiger partial charge in [0.15, 0.2) is 0 Å². The summed E-state index contributed by atoms with van der Waals surface area (Å²) in [6.07, 6.45) is 0. The average molecular weight is 364 g/mol. The van der Waals surface area contributed by atoms with Gasteiger partial charge in [-0.1, -0.05) is 0 Å². The number of amides is 3. The van der Waals surface area contributed by atoms with Crippen LogP contribution in [0.5, 0.6) is 0 Å². The number of anilines is 1. The van der Waals surface area contributed by atoms with Crippen LogP contribution in [0.25, 0.3) is 0 Å². The number of nitrogens with two attached hydrogens (primary N) is 1. The highest BCUT2D eigenvalue weighted by Gasteiger charge is 2.72. The van der Waals surface area contributed by atoms with E-state index in [1.54, 1.807) is 0 Å². The molecule has 0 aromatic heterocycles. The monoisotopic (exact) mass is 365 g/mol. The second-order valence-electron chi connectivity index (χ2n) is 6.37. The van der Waals surface area contributed by atoms with Gasteiger partial charge in [-0.2, -0.15) is 0 Å². The third-order valence-electron chi connectivity index (χ3n) is 4.66. The van der Waals surface area contributed by atoms with E-state index in [4.69, 9.17) is 37.1 Å². The van der Waals surface area contributed by atoms with Gasteiger partial charge in [-0.05, 0) is 23.0 Å². The fraction of sp³-hybridized carbons (Fsp3) is 0.308. The lowest BCUT2D eigenvalue weighted by Gasteiger charge is -2.57. The highest BCUT2D eigenvalue weighted by Crippen LogP contribution is 2.47. The van der Waals surface area contributed by atoms with Crippen molar-refractivity contribution in [1.29, 1.82) is 0 Å². The number of hydrogen-bond acceptors (Lipinski definition) is 7. The largest absolute Gasteiger partial charge is 0.398 e. The molecule has 0 aliphatic carbocycles. The van der Waals surface area contributed by atoms with E-state index in [1.165, 1.54) is 5.32 Å². The van der Waals surface area contributed by atoms with Crippen molar-refractivity contribution in [3.8, 4) is 0 Å². The minimum atomic E-state index is -3.69. The molecule has 3 atom stereocenters. The number of rotatable bonds is 1. The predicted octanol–water partition coefficient (Wildman–Crippen LogP) is -4.63. The molecule has 130 valence electrons. The Morgan fingerprint density at radius 2 is 1.59 bits per heavy atom. The molecule has 3 amide bonds. The molecule has 1 fully saturated rings. The Kier molecular flexibility index (Phi) is 3.71. The molecule has 14 heteroatoms. The summed E-state index contributed by atoms with van der Waals surface area (Å²) in [4.78, 5) is 36.8. The molecular weight excluding hydrogens is 356 g/mol. The van der Waals surface area contributed by atoms with Crippen molar-refractivity contribution in [1.82, 2.24) is 10.2 Å². The zero-order valence-electron chi connectivity index (χ0n) is 13.4. The maximum absolute atomic E-state index is 13.7. The van der Waals surface area contributed by atoms with E-state index in [9.17, 15) is 34.1 Å². The maximum atomic E-state index is 13.7. The second-order valence-corrected chi connectivity index (χ2v) is 6.37. The summed E-state index contributed by atoms with van der Waals surface area (Å²) >= 11 is 0. The summed E-state index contributed by atoms with van der Waals surface area (Å²) in [6, 6.07) is 1.44. The Hall–Kier alpha value is -2.30. The highest BCUT2D eigenvalue weighted by molar-refractivity contribution is 6.44. The average Bonchev–Trinajstić information content (AvgIpc) is 2.71. The first-order valence-electron chi connectivity index (χ1n) is 7.24. The first-order chi connectivity index (χ1) is 12.1. The molecule has 2 heterocycles. The van der Waals surface area contributed by atoms with Crippen LogP contribution in [0.1, 0.15) is 15.9 Å². The lowest BCUT2D eigenvalue weighted by molar-refractivity contribution is -0.235. The lowest BCUT2D eigenvalue weighted by Crippen LogP contribution is -2.87. The third-order valence-corrected chi connectivity index (χ3v) is 4.66. The number of nitrogens with one attached hydrogen (secondary N) is 1. The van der Waals surface area contributed by atoms with Crippen LogP contribution < -0.4 is 11.1 Å². The van der Waals surface area contributed by atoms with E-state index < -0.39 is 62.4 Å². The molecule has 1 saturated heterocycles. The van der Waals surface area contributed by atoms with Gasteiger partial charge in [0.2, 0.25) is 5.72 Å². The number of hydrogen-bond donors (Lipinski definition) is 5. The predicted molar refractivity (Wildman–Crippen MR) is 89.7 cm³/mol. The minimum absolute atomic E-state index is 0.0416. The van der Waals surface area contributed by atoms with Crippen LogP contribution in [0.4, 0.5) is 10.1 Å². The van der Waals surface area contributed by atoms with E-state index in [2.05, 4.69) is 0 Å². The molecule has 0 spiro atoms. The van der Waals surface area contributed by atoms with Gasteiger partial charge in [-0.3, -0.25) is 19.7 Å². The van der Waals surface area contributed by atoms with Crippen LogP contribution in [0, 0.1) is 5.82 Å². The molecular formula is C13H8B4FN3O6. The molecule has 2 aliphatic heterocycles. The number of nitrogen functional groups attached to an aromatic ring is 1. The number of carbonyl (C=O) groups is 3. The van der Waals surface area contributed by atoms with Gasteiger partial charge in [0.1, 0.15) is 32.5 Å². The molecule has 0 bridgehead atoms. The van der Waals surface area contributed by atoms with E-state index >= 15 is 0 Å². The Morgan fingerprint density at radius 3 is 2.15 bits per heavy atom. The van der Waals surface area contributed by atoms with E-state index in [-0.39, 0.29) is 4.90 Å². The van der Waals surface area contributed by atoms with Crippen LogP contribution >= 0.6 is 0 Å². The Bertz CT molecular complexity index is 924. The molecule has 0 saturated carbocycles. The molecule has 2 aliphatic rings. The zero-order chi connectivity index (χ0) is 20.7. The summed E-state index contributed by atoms with van der Waals surface area (Å²) in [7, 11) is 22.4. The van der Waals surface area contributed by atoms with Gasteiger partial charge >= 0.3 is 0 Å². The molecule has 8 radical (unpaired) electrons. The zero-order valence-corrected chi connectivity index (χ0v) is 13.4. The van der Waals surface area contributed by atoms with Crippen LogP contribution in [-0.2, 0) is 14.9 Å². The van der Waals surface area contributed by atoms with Crippen molar-refractivity contribution < 1.29 is 34.1 Å². The van der Waals surface area contributed by atoms with Crippen LogP contribution in [0.15, 0.2) is 12.1 Å². The van der Waals surface area contributed by atoms with Crippen LogP contribution in [0.2, 0.25) is 0 Å². The van der Waals surface area contributed by atoms with Gasteiger partial charge in [-0.25, -0.2) is 4.39 Å². The number of nitrogens with zero attached hydrogens (tertiary/aromatic N) is 1. The van der Waals surface area contributed by atoms with Crippen molar-refractivity contribution in [2.45, 2.75) is 22.1 Å². The van der Waals surface area contributed by atoms with Gasteiger partial charge in [0.05, 0.1) is 15.7 Å². The Labute approximate surface area is 156 Å². The number of halogens is 1. The highest BCUT2D eigenvalue weighted by atomic mass is 19.1. The van der Waals surface area contributed by atoms with Crippen molar-refractivity contribution in [3.05, 3.63) is 29.1 Å². The molecule has 2 unspecified atom stereocenters. The minimum Gasteiger partial charge on any atom is -0.398 e. The Balaban J connectivity index is 2.30. The third kappa shape index (κ3) is 2.05. The van der Waals surface area contributed by atoms with Crippen molar-refractivity contribution in [2.75, 3.05) is 5.73 Å². The molecule has 1 aromatic rings. The molecule has 9 nitrogen and oxygen atoms in total. The fourth-order valence-corrected chi connectivity index (χ4v) is 3.23. The number of carbonyl (C=O) groups excluding carboxylic acids is 3.